The Hall–Kier alpha value is -1.35. The summed E-state index contributed by atoms with van der Waals surface area (Å²) in [6, 6.07) is 11.0. The van der Waals surface area contributed by atoms with Gasteiger partial charge in [0.2, 0.25) is 0 Å². The number of ether oxygens (including phenoxy) is 1. The highest BCUT2D eigenvalue weighted by atomic mass is 16.5. The summed E-state index contributed by atoms with van der Waals surface area (Å²) in [6.07, 6.45) is 3.57. The molecule has 3 heteroatoms. The van der Waals surface area contributed by atoms with Crippen LogP contribution in [0.15, 0.2) is 30.3 Å². The monoisotopic (exact) mass is 259 g/mol. The molecule has 2 fully saturated rings. The van der Waals surface area contributed by atoms with Gasteiger partial charge >= 0.3 is 5.97 Å². The first-order valence-corrected chi connectivity index (χ1v) is 7.26. The van der Waals surface area contributed by atoms with Crippen LogP contribution < -0.4 is 0 Å². The summed E-state index contributed by atoms with van der Waals surface area (Å²) in [5.41, 5.74) is 1.28. The third-order valence-electron chi connectivity index (χ3n) is 4.45. The molecule has 3 rings (SSSR count). The molecule has 1 aromatic carbocycles. The average molecular weight is 259 g/mol. The molecule has 0 spiro atoms. The SMILES string of the molecule is CCOC(=O)[C@H]1[C@@H]2CC[C@@H](C2)N1Cc1ccccc1. The van der Waals surface area contributed by atoms with Gasteiger partial charge < -0.3 is 4.74 Å². The summed E-state index contributed by atoms with van der Waals surface area (Å²) >= 11 is 0. The highest BCUT2D eigenvalue weighted by Gasteiger charge is 2.49. The number of rotatable bonds is 4. The largest absolute Gasteiger partial charge is 0.465 e. The van der Waals surface area contributed by atoms with E-state index in [4.69, 9.17) is 4.74 Å². The molecular weight excluding hydrogens is 238 g/mol. The Kier molecular flexibility index (Phi) is 3.56. The molecule has 1 aliphatic carbocycles. The van der Waals surface area contributed by atoms with Gasteiger partial charge in [0.25, 0.3) is 0 Å². The number of hydrogen-bond donors (Lipinski definition) is 0. The summed E-state index contributed by atoms with van der Waals surface area (Å²) in [5.74, 6) is 0.485. The van der Waals surface area contributed by atoms with Crippen LogP contribution in [0.25, 0.3) is 0 Å². The Morgan fingerprint density at radius 3 is 2.84 bits per heavy atom. The number of esters is 1. The molecule has 1 heterocycles. The van der Waals surface area contributed by atoms with E-state index >= 15 is 0 Å². The van der Waals surface area contributed by atoms with Crippen LogP contribution in [0.5, 0.6) is 0 Å². The van der Waals surface area contributed by atoms with Crippen LogP contribution in [0.2, 0.25) is 0 Å². The van der Waals surface area contributed by atoms with Crippen LogP contribution in [0.3, 0.4) is 0 Å². The van der Waals surface area contributed by atoms with Crippen LogP contribution >= 0.6 is 0 Å². The van der Waals surface area contributed by atoms with Crippen molar-refractivity contribution in [2.24, 2.45) is 5.92 Å². The van der Waals surface area contributed by atoms with E-state index < -0.39 is 0 Å². The third-order valence-corrected chi connectivity index (χ3v) is 4.45. The summed E-state index contributed by atoms with van der Waals surface area (Å²) < 4.78 is 5.27. The second-order valence-corrected chi connectivity index (χ2v) is 5.58. The molecule has 3 atom stereocenters. The van der Waals surface area contributed by atoms with Gasteiger partial charge in [-0.15, -0.1) is 0 Å². The highest BCUT2D eigenvalue weighted by molar-refractivity contribution is 5.77. The van der Waals surface area contributed by atoms with Crippen LogP contribution in [0.1, 0.15) is 31.7 Å². The molecule has 3 nitrogen and oxygen atoms in total. The van der Waals surface area contributed by atoms with Crippen molar-refractivity contribution < 1.29 is 9.53 Å². The first-order valence-electron chi connectivity index (χ1n) is 7.26. The van der Waals surface area contributed by atoms with Gasteiger partial charge in [0.05, 0.1) is 6.61 Å². The lowest BCUT2D eigenvalue weighted by Gasteiger charge is -2.33. The summed E-state index contributed by atoms with van der Waals surface area (Å²) in [5, 5.41) is 0. The fraction of sp³-hybridized carbons (Fsp3) is 0.562. The van der Waals surface area contributed by atoms with Gasteiger partial charge in [0.15, 0.2) is 0 Å². The van der Waals surface area contributed by atoms with Crippen LogP contribution in [-0.4, -0.2) is 29.6 Å². The van der Waals surface area contributed by atoms with Gasteiger partial charge in [-0.25, -0.2) is 0 Å². The van der Waals surface area contributed by atoms with Gasteiger partial charge in [-0.3, -0.25) is 9.69 Å². The van der Waals surface area contributed by atoms with Crippen LogP contribution in [0.4, 0.5) is 0 Å². The van der Waals surface area contributed by atoms with Gasteiger partial charge in [-0.2, -0.15) is 0 Å². The van der Waals surface area contributed by atoms with Crippen LogP contribution in [0, 0.1) is 5.92 Å². The molecule has 1 saturated heterocycles. The van der Waals surface area contributed by atoms with Crippen molar-refractivity contribution in [3.05, 3.63) is 35.9 Å². The lowest BCUT2D eigenvalue weighted by molar-refractivity contribution is -0.151. The van der Waals surface area contributed by atoms with Crippen molar-refractivity contribution in [3.8, 4) is 0 Å². The minimum absolute atomic E-state index is 0.0149. The summed E-state index contributed by atoms with van der Waals surface area (Å²) in [6.45, 7) is 3.23. The maximum atomic E-state index is 12.2. The highest BCUT2D eigenvalue weighted by Crippen LogP contribution is 2.43. The van der Waals surface area contributed by atoms with Gasteiger partial charge in [0.1, 0.15) is 6.04 Å². The molecule has 1 aromatic rings. The molecule has 102 valence electrons. The molecule has 1 aliphatic heterocycles. The Morgan fingerprint density at radius 1 is 1.32 bits per heavy atom. The van der Waals surface area contributed by atoms with Crippen molar-refractivity contribution in [1.82, 2.24) is 4.90 Å². The fourth-order valence-corrected chi connectivity index (χ4v) is 3.65. The lowest BCUT2D eigenvalue weighted by Crippen LogP contribution is -2.46. The normalized spacial score (nSPS) is 29.6. The average Bonchev–Trinajstić information content (AvgIpc) is 3.01. The minimum atomic E-state index is -0.0226. The summed E-state index contributed by atoms with van der Waals surface area (Å²) in [7, 11) is 0. The Balaban J connectivity index is 1.76. The standard InChI is InChI=1S/C16H21NO2/c1-2-19-16(18)15-13-8-9-14(10-13)17(15)11-12-6-4-3-5-7-12/h3-7,13-15H,2,8-11H2,1H3/t13-,14+,15-/m1/s1. The second-order valence-electron chi connectivity index (χ2n) is 5.58. The van der Waals surface area contributed by atoms with E-state index in [1.165, 1.54) is 18.4 Å². The number of nitrogens with zero attached hydrogens (tertiary/aromatic N) is 1. The fourth-order valence-electron chi connectivity index (χ4n) is 3.65. The topological polar surface area (TPSA) is 29.5 Å². The summed E-state index contributed by atoms with van der Waals surface area (Å²) in [4.78, 5) is 14.5. The van der Waals surface area contributed by atoms with Crippen molar-refractivity contribution in [2.75, 3.05) is 6.61 Å². The molecule has 2 bridgehead atoms. The molecule has 2 aliphatic rings. The molecule has 19 heavy (non-hydrogen) atoms. The first-order chi connectivity index (χ1) is 9.29. The number of fused-ring (bicyclic) bond motifs is 2. The second kappa shape index (κ2) is 5.33. The molecule has 0 N–H and O–H groups in total. The van der Waals surface area contributed by atoms with Crippen LogP contribution in [-0.2, 0) is 16.1 Å². The number of carbonyl (C=O) groups is 1. The van der Waals surface area contributed by atoms with Crippen molar-refractivity contribution in [3.63, 3.8) is 0 Å². The van der Waals surface area contributed by atoms with Gasteiger partial charge in [0, 0.05) is 12.6 Å². The van der Waals surface area contributed by atoms with E-state index in [1.54, 1.807) is 0 Å². The zero-order valence-electron chi connectivity index (χ0n) is 11.4. The Bertz CT molecular complexity index is 445. The zero-order chi connectivity index (χ0) is 13.2. The Labute approximate surface area is 114 Å². The quantitative estimate of drug-likeness (QED) is 0.778. The van der Waals surface area contributed by atoms with Crippen molar-refractivity contribution >= 4 is 5.97 Å². The van der Waals surface area contributed by atoms with E-state index in [1.807, 2.05) is 13.0 Å². The number of piperidine rings is 1. The number of hydrogen-bond acceptors (Lipinski definition) is 3. The first kappa shape index (κ1) is 12.7. The van der Waals surface area contributed by atoms with E-state index in [-0.39, 0.29) is 12.0 Å². The molecular formula is C16H21NO2. The van der Waals surface area contributed by atoms with Crippen molar-refractivity contribution in [2.45, 2.75) is 44.8 Å². The predicted octanol–water partition coefficient (Wildman–Crippen LogP) is 2.60. The maximum Gasteiger partial charge on any atom is 0.323 e. The van der Waals surface area contributed by atoms with E-state index in [0.717, 1.165) is 13.0 Å². The predicted molar refractivity (Wildman–Crippen MR) is 73.5 cm³/mol. The Morgan fingerprint density at radius 2 is 2.11 bits per heavy atom. The lowest BCUT2D eigenvalue weighted by atomic mass is 9.98. The third kappa shape index (κ3) is 2.39. The van der Waals surface area contributed by atoms with E-state index in [2.05, 4.69) is 29.2 Å². The van der Waals surface area contributed by atoms with E-state index in [0.29, 0.717) is 18.6 Å². The number of carbonyl (C=O) groups excluding carboxylic acids is 1. The molecule has 1 saturated carbocycles. The molecule has 0 radical (unpaired) electrons. The number of benzene rings is 1. The molecule has 0 aromatic heterocycles. The maximum absolute atomic E-state index is 12.2. The molecule has 0 unspecified atom stereocenters. The minimum Gasteiger partial charge on any atom is -0.465 e. The molecule has 0 amide bonds. The zero-order valence-corrected chi connectivity index (χ0v) is 11.4. The smallest absolute Gasteiger partial charge is 0.323 e. The van der Waals surface area contributed by atoms with E-state index in [9.17, 15) is 4.79 Å². The number of likely N-dealkylation sites (tertiary alicyclic amines) is 1. The van der Waals surface area contributed by atoms with Gasteiger partial charge in [-0.05, 0) is 37.7 Å². The van der Waals surface area contributed by atoms with Crippen molar-refractivity contribution in [1.29, 1.82) is 0 Å². The van der Waals surface area contributed by atoms with Gasteiger partial charge in [-0.1, -0.05) is 30.3 Å².